The Labute approximate surface area is 190 Å². The van der Waals surface area contributed by atoms with E-state index in [1.165, 1.54) is 11.3 Å². The van der Waals surface area contributed by atoms with Gasteiger partial charge in [0.05, 0.1) is 12.5 Å². The topological polar surface area (TPSA) is 87.7 Å². The maximum Gasteiger partial charge on any atom is 0.348 e. The number of nitrogens with zero attached hydrogens (tertiary/aromatic N) is 1. The molecular formula is C24H25N3O4S. The fraction of sp³-hybridized carbons (Fsp3) is 0.292. The molecule has 166 valence electrons. The summed E-state index contributed by atoms with van der Waals surface area (Å²) in [5.41, 5.74) is 1.40. The number of carbonyl (C=O) groups excluding carboxylic acids is 3. The van der Waals surface area contributed by atoms with Crippen LogP contribution in [0.2, 0.25) is 0 Å². The molecule has 1 aromatic heterocycles. The summed E-state index contributed by atoms with van der Waals surface area (Å²) in [6.45, 7) is 3.10. The van der Waals surface area contributed by atoms with E-state index in [9.17, 15) is 14.4 Å². The SMILES string of the molecule is CCOC(=O)c1cc2cc(NC(=O)[C@@H]3CCCN(C(=O)Nc4ccccc4)C3)ccc2s1. The van der Waals surface area contributed by atoms with Crippen LogP contribution in [-0.4, -0.2) is 42.5 Å². The van der Waals surface area contributed by atoms with E-state index >= 15 is 0 Å². The number of hydrogen-bond acceptors (Lipinski definition) is 5. The van der Waals surface area contributed by atoms with Gasteiger partial charge >= 0.3 is 12.0 Å². The third-order valence-electron chi connectivity index (χ3n) is 5.36. The quantitative estimate of drug-likeness (QED) is 0.537. The second-order valence-electron chi connectivity index (χ2n) is 7.65. The molecule has 3 aromatic rings. The number of rotatable bonds is 5. The van der Waals surface area contributed by atoms with Crippen LogP contribution in [0.15, 0.2) is 54.6 Å². The Kier molecular flexibility index (Phi) is 6.70. The van der Waals surface area contributed by atoms with Gasteiger partial charge in [0.25, 0.3) is 0 Å². The minimum Gasteiger partial charge on any atom is -0.462 e. The molecule has 7 nitrogen and oxygen atoms in total. The van der Waals surface area contributed by atoms with Gasteiger partial charge < -0.3 is 20.3 Å². The van der Waals surface area contributed by atoms with Gasteiger partial charge in [0.2, 0.25) is 5.91 Å². The van der Waals surface area contributed by atoms with Gasteiger partial charge in [0, 0.05) is 29.2 Å². The summed E-state index contributed by atoms with van der Waals surface area (Å²) >= 11 is 1.37. The Balaban J connectivity index is 1.39. The number of urea groups is 1. The van der Waals surface area contributed by atoms with Crippen molar-refractivity contribution in [2.75, 3.05) is 30.3 Å². The van der Waals surface area contributed by atoms with Gasteiger partial charge in [-0.15, -0.1) is 11.3 Å². The normalized spacial score (nSPS) is 15.9. The summed E-state index contributed by atoms with van der Waals surface area (Å²) in [6.07, 6.45) is 1.50. The summed E-state index contributed by atoms with van der Waals surface area (Å²) in [6, 6.07) is 16.4. The van der Waals surface area contributed by atoms with Gasteiger partial charge in [-0.3, -0.25) is 4.79 Å². The molecule has 0 aliphatic carbocycles. The molecule has 1 saturated heterocycles. The fourth-order valence-corrected chi connectivity index (χ4v) is 4.70. The van der Waals surface area contributed by atoms with E-state index in [0.717, 1.165) is 28.6 Å². The third kappa shape index (κ3) is 5.08. The van der Waals surface area contributed by atoms with Crippen LogP contribution < -0.4 is 10.6 Å². The van der Waals surface area contributed by atoms with Crippen molar-refractivity contribution in [2.45, 2.75) is 19.8 Å². The summed E-state index contributed by atoms with van der Waals surface area (Å²) in [7, 11) is 0. The number of ether oxygens (including phenoxy) is 1. The number of para-hydroxylation sites is 1. The van der Waals surface area contributed by atoms with E-state index in [-0.39, 0.29) is 23.8 Å². The highest BCUT2D eigenvalue weighted by Crippen LogP contribution is 2.29. The smallest absolute Gasteiger partial charge is 0.348 e. The molecule has 0 radical (unpaired) electrons. The van der Waals surface area contributed by atoms with Gasteiger partial charge in [-0.1, -0.05) is 18.2 Å². The summed E-state index contributed by atoms with van der Waals surface area (Å²) in [5, 5.41) is 6.73. The predicted octanol–water partition coefficient (Wildman–Crippen LogP) is 4.96. The molecule has 1 aliphatic heterocycles. The lowest BCUT2D eigenvalue weighted by molar-refractivity contribution is -0.121. The van der Waals surface area contributed by atoms with Crippen molar-refractivity contribution in [1.82, 2.24) is 4.90 Å². The minimum atomic E-state index is -0.338. The van der Waals surface area contributed by atoms with Gasteiger partial charge in [-0.25, -0.2) is 9.59 Å². The molecule has 1 fully saturated rings. The number of amides is 3. The monoisotopic (exact) mass is 451 g/mol. The van der Waals surface area contributed by atoms with Gasteiger partial charge in [-0.2, -0.15) is 0 Å². The molecule has 2 aromatic carbocycles. The lowest BCUT2D eigenvalue weighted by Gasteiger charge is -2.32. The highest BCUT2D eigenvalue weighted by Gasteiger charge is 2.28. The molecule has 2 heterocycles. The average Bonchev–Trinajstić information content (AvgIpc) is 3.24. The Morgan fingerprint density at radius 3 is 2.66 bits per heavy atom. The largest absolute Gasteiger partial charge is 0.462 e. The highest BCUT2D eigenvalue weighted by atomic mass is 32.1. The first-order valence-electron chi connectivity index (χ1n) is 10.7. The minimum absolute atomic E-state index is 0.109. The lowest BCUT2D eigenvalue weighted by atomic mass is 9.97. The van der Waals surface area contributed by atoms with E-state index < -0.39 is 0 Å². The Morgan fingerprint density at radius 2 is 1.88 bits per heavy atom. The summed E-state index contributed by atoms with van der Waals surface area (Å²) in [5.74, 6) is -0.726. The second kappa shape index (κ2) is 9.82. The molecule has 0 unspecified atom stereocenters. The molecule has 8 heteroatoms. The van der Waals surface area contributed by atoms with Crippen LogP contribution in [0.5, 0.6) is 0 Å². The number of thiophene rings is 1. The zero-order chi connectivity index (χ0) is 22.5. The van der Waals surface area contributed by atoms with E-state index in [1.54, 1.807) is 17.9 Å². The Hall–Kier alpha value is -3.39. The van der Waals surface area contributed by atoms with E-state index in [2.05, 4.69) is 10.6 Å². The molecule has 3 amide bonds. The molecule has 32 heavy (non-hydrogen) atoms. The maximum absolute atomic E-state index is 12.9. The molecule has 0 spiro atoms. The van der Waals surface area contributed by atoms with Crippen LogP contribution in [0.1, 0.15) is 29.4 Å². The molecule has 1 atom stereocenters. The number of hydrogen-bond donors (Lipinski definition) is 2. The number of fused-ring (bicyclic) bond motifs is 1. The molecule has 4 rings (SSSR count). The number of carbonyl (C=O) groups is 3. The van der Waals surface area contributed by atoms with Gasteiger partial charge in [0.15, 0.2) is 0 Å². The molecule has 0 saturated carbocycles. The number of esters is 1. The highest BCUT2D eigenvalue weighted by molar-refractivity contribution is 7.20. The molecule has 1 aliphatic rings. The van der Waals surface area contributed by atoms with Crippen molar-refractivity contribution in [3.05, 3.63) is 59.5 Å². The van der Waals surface area contributed by atoms with Crippen molar-refractivity contribution in [2.24, 2.45) is 5.92 Å². The Morgan fingerprint density at radius 1 is 1.06 bits per heavy atom. The van der Waals surface area contributed by atoms with Crippen LogP contribution in [0.4, 0.5) is 16.2 Å². The molecular weight excluding hydrogens is 426 g/mol. The lowest BCUT2D eigenvalue weighted by Crippen LogP contribution is -2.45. The van der Waals surface area contributed by atoms with Crippen LogP contribution in [0.25, 0.3) is 10.1 Å². The van der Waals surface area contributed by atoms with E-state index in [4.69, 9.17) is 4.74 Å². The first kappa shape index (κ1) is 21.8. The number of anilines is 2. The zero-order valence-corrected chi connectivity index (χ0v) is 18.6. The van der Waals surface area contributed by atoms with Crippen molar-refractivity contribution in [3.63, 3.8) is 0 Å². The maximum atomic E-state index is 12.9. The second-order valence-corrected chi connectivity index (χ2v) is 8.74. The first-order valence-corrected chi connectivity index (χ1v) is 11.5. The first-order chi connectivity index (χ1) is 15.5. The molecule has 0 bridgehead atoms. The third-order valence-corrected chi connectivity index (χ3v) is 6.46. The van der Waals surface area contributed by atoms with Crippen LogP contribution >= 0.6 is 11.3 Å². The van der Waals surface area contributed by atoms with Gasteiger partial charge in [-0.05, 0) is 61.5 Å². The van der Waals surface area contributed by atoms with Crippen molar-refractivity contribution in [3.8, 4) is 0 Å². The standard InChI is InChI=1S/C24H25N3O4S/c1-2-31-23(29)21-14-17-13-19(10-11-20(17)32-21)25-22(28)16-7-6-12-27(15-16)24(30)26-18-8-4-3-5-9-18/h3-5,8-11,13-14,16H,2,6-7,12,15H2,1H3,(H,25,28)(H,26,30)/t16-/m1/s1. The van der Waals surface area contributed by atoms with E-state index in [0.29, 0.717) is 30.3 Å². The van der Waals surface area contributed by atoms with Crippen LogP contribution in [0.3, 0.4) is 0 Å². The number of likely N-dealkylation sites (tertiary alicyclic amines) is 1. The van der Waals surface area contributed by atoms with Crippen molar-refractivity contribution in [1.29, 1.82) is 0 Å². The van der Waals surface area contributed by atoms with Gasteiger partial charge in [0.1, 0.15) is 4.88 Å². The van der Waals surface area contributed by atoms with Crippen molar-refractivity contribution >= 4 is 50.7 Å². The zero-order valence-electron chi connectivity index (χ0n) is 17.8. The Bertz CT molecular complexity index is 1130. The van der Waals surface area contributed by atoms with Crippen LogP contribution in [-0.2, 0) is 9.53 Å². The predicted molar refractivity (Wildman–Crippen MR) is 126 cm³/mol. The number of benzene rings is 2. The van der Waals surface area contributed by atoms with E-state index in [1.807, 2.05) is 48.5 Å². The summed E-state index contributed by atoms with van der Waals surface area (Å²) in [4.78, 5) is 39.7. The van der Waals surface area contributed by atoms with Crippen molar-refractivity contribution < 1.29 is 19.1 Å². The van der Waals surface area contributed by atoms with Crippen LogP contribution in [0, 0.1) is 5.92 Å². The molecule has 2 N–H and O–H groups in total. The summed E-state index contributed by atoms with van der Waals surface area (Å²) < 4.78 is 6.01. The number of piperidine rings is 1. The number of nitrogens with one attached hydrogen (secondary N) is 2. The average molecular weight is 452 g/mol. The fourth-order valence-electron chi connectivity index (χ4n) is 3.77.